The smallest absolute Gasteiger partial charge is 0.252 e. The van der Waals surface area contributed by atoms with Gasteiger partial charge in [-0.2, -0.15) is 4.31 Å². The Hall–Kier alpha value is -0.930. The van der Waals surface area contributed by atoms with E-state index in [2.05, 4.69) is 21.2 Å². The highest BCUT2D eigenvalue weighted by atomic mass is 79.9. The molecule has 1 aliphatic heterocycles. The number of nitrogens with zero attached hydrogens (tertiary/aromatic N) is 1. The fraction of sp³-hybridized carbons (Fsp3) is 0.353. The van der Waals surface area contributed by atoms with Crippen LogP contribution < -0.4 is 5.32 Å². The lowest BCUT2D eigenvalue weighted by Gasteiger charge is -2.30. The number of rotatable bonds is 4. The van der Waals surface area contributed by atoms with E-state index in [1.165, 1.54) is 15.6 Å². The number of halogens is 2. The molecule has 26 heavy (non-hydrogen) atoms. The van der Waals surface area contributed by atoms with Crippen LogP contribution in [-0.4, -0.2) is 31.7 Å². The summed E-state index contributed by atoms with van der Waals surface area (Å²) >= 11 is 10.4. The van der Waals surface area contributed by atoms with Gasteiger partial charge >= 0.3 is 0 Å². The largest absolute Gasteiger partial charge is 0.326 e. The van der Waals surface area contributed by atoms with E-state index in [4.69, 9.17) is 11.6 Å². The maximum Gasteiger partial charge on any atom is 0.252 e. The Morgan fingerprint density at radius 1 is 1.35 bits per heavy atom. The van der Waals surface area contributed by atoms with Gasteiger partial charge < -0.3 is 5.32 Å². The molecular formula is C17H18BrClN2O3S2. The molecule has 1 saturated heterocycles. The van der Waals surface area contributed by atoms with Gasteiger partial charge in [-0.1, -0.05) is 11.6 Å². The number of benzene rings is 1. The minimum absolute atomic E-state index is 0.164. The molecule has 1 amide bonds. The van der Waals surface area contributed by atoms with Crippen molar-refractivity contribution in [3.8, 4) is 0 Å². The maximum absolute atomic E-state index is 12.8. The summed E-state index contributed by atoms with van der Waals surface area (Å²) < 4.78 is 28.0. The monoisotopic (exact) mass is 476 g/mol. The number of sulfonamides is 1. The van der Waals surface area contributed by atoms with Crippen LogP contribution in [0.2, 0.25) is 5.02 Å². The Morgan fingerprint density at radius 2 is 2.12 bits per heavy atom. The number of amides is 1. The summed E-state index contributed by atoms with van der Waals surface area (Å²) in [6, 6.07) is 8.57. The molecule has 5 nitrogen and oxygen atoms in total. The Morgan fingerprint density at radius 3 is 2.77 bits per heavy atom. The molecule has 1 aliphatic rings. The molecule has 2 aromatic rings. The normalized spacial score (nSPS) is 18.7. The van der Waals surface area contributed by atoms with E-state index in [-0.39, 0.29) is 18.4 Å². The van der Waals surface area contributed by atoms with Crippen molar-refractivity contribution in [2.45, 2.75) is 24.0 Å². The van der Waals surface area contributed by atoms with Gasteiger partial charge in [0, 0.05) is 23.8 Å². The standard InChI is InChI=1S/C17H18BrClN2O3S2/c1-11-9-13(19)4-5-14(11)20-17(22)12-3-2-8-21(10-12)26(23,24)16-7-6-15(18)25-16/h4-7,9,12H,2-3,8,10H2,1H3,(H,20,22). The number of carbonyl (C=O) groups is 1. The van der Waals surface area contributed by atoms with E-state index in [9.17, 15) is 13.2 Å². The van der Waals surface area contributed by atoms with E-state index >= 15 is 0 Å². The first kappa shape index (κ1) is 19.8. The lowest BCUT2D eigenvalue weighted by Crippen LogP contribution is -2.43. The molecule has 1 atom stereocenters. The number of carbonyl (C=O) groups excluding carboxylic acids is 1. The summed E-state index contributed by atoms with van der Waals surface area (Å²) in [5, 5.41) is 3.51. The summed E-state index contributed by atoms with van der Waals surface area (Å²) in [5.74, 6) is -0.542. The third kappa shape index (κ3) is 4.31. The molecule has 1 N–H and O–H groups in total. The highest BCUT2D eigenvalue weighted by Crippen LogP contribution is 2.31. The van der Waals surface area contributed by atoms with E-state index < -0.39 is 10.0 Å². The Labute approximate surface area is 170 Å². The van der Waals surface area contributed by atoms with Gasteiger partial charge in [0.25, 0.3) is 10.0 Å². The van der Waals surface area contributed by atoms with Gasteiger partial charge in [-0.15, -0.1) is 11.3 Å². The van der Waals surface area contributed by atoms with E-state index in [1.54, 1.807) is 30.3 Å². The zero-order valence-corrected chi connectivity index (χ0v) is 18.0. The lowest BCUT2D eigenvalue weighted by atomic mass is 9.98. The quantitative estimate of drug-likeness (QED) is 0.704. The van der Waals surface area contributed by atoms with Crippen molar-refractivity contribution in [3.63, 3.8) is 0 Å². The third-order valence-electron chi connectivity index (χ3n) is 4.34. The van der Waals surface area contributed by atoms with Crippen LogP contribution in [0.25, 0.3) is 0 Å². The minimum Gasteiger partial charge on any atom is -0.326 e. The highest BCUT2D eigenvalue weighted by molar-refractivity contribution is 9.11. The molecule has 2 heterocycles. The van der Waals surface area contributed by atoms with Crippen molar-refractivity contribution in [1.82, 2.24) is 4.31 Å². The van der Waals surface area contributed by atoms with Crippen LogP contribution in [0, 0.1) is 12.8 Å². The average Bonchev–Trinajstić information content (AvgIpc) is 3.05. The minimum atomic E-state index is -3.57. The Kier molecular flexibility index (Phi) is 6.08. The van der Waals surface area contributed by atoms with E-state index in [0.29, 0.717) is 34.3 Å². The van der Waals surface area contributed by atoms with Crippen LogP contribution in [0.1, 0.15) is 18.4 Å². The van der Waals surface area contributed by atoms with Crippen LogP contribution in [0.3, 0.4) is 0 Å². The highest BCUT2D eigenvalue weighted by Gasteiger charge is 2.34. The maximum atomic E-state index is 12.8. The molecule has 1 unspecified atom stereocenters. The number of hydrogen-bond acceptors (Lipinski definition) is 4. The summed E-state index contributed by atoms with van der Waals surface area (Å²) in [4.78, 5) is 12.6. The van der Waals surface area contributed by atoms with Gasteiger partial charge in [0.2, 0.25) is 5.91 Å². The molecule has 9 heteroatoms. The number of nitrogens with one attached hydrogen (secondary N) is 1. The van der Waals surface area contributed by atoms with Crippen LogP contribution >= 0.6 is 38.9 Å². The van der Waals surface area contributed by atoms with Gasteiger partial charge in [-0.25, -0.2) is 8.42 Å². The van der Waals surface area contributed by atoms with Crippen molar-refractivity contribution in [3.05, 3.63) is 44.7 Å². The molecule has 140 valence electrons. The summed E-state index contributed by atoms with van der Waals surface area (Å²) in [5.41, 5.74) is 1.57. The first-order valence-corrected chi connectivity index (χ1v) is 11.5. The number of aryl methyl sites for hydroxylation is 1. The van der Waals surface area contributed by atoms with Gasteiger partial charge in [0.05, 0.1) is 9.70 Å². The number of thiophene rings is 1. The number of anilines is 1. The molecule has 0 bridgehead atoms. The van der Waals surface area contributed by atoms with Gasteiger partial charge in [0.15, 0.2) is 0 Å². The third-order valence-corrected chi connectivity index (χ3v) is 8.54. The van der Waals surface area contributed by atoms with Crippen molar-refractivity contribution in [2.24, 2.45) is 5.92 Å². The Bertz CT molecular complexity index is 930. The van der Waals surface area contributed by atoms with Crippen LogP contribution in [0.15, 0.2) is 38.3 Å². The fourth-order valence-electron chi connectivity index (χ4n) is 2.94. The summed E-state index contributed by atoms with van der Waals surface area (Å²) in [6.45, 7) is 2.49. The molecule has 1 fully saturated rings. The first-order valence-electron chi connectivity index (χ1n) is 8.10. The summed E-state index contributed by atoms with van der Waals surface area (Å²) in [7, 11) is -3.57. The molecule has 0 saturated carbocycles. The van der Waals surface area contributed by atoms with Crippen molar-refractivity contribution in [1.29, 1.82) is 0 Å². The molecule has 0 radical (unpaired) electrons. The average molecular weight is 478 g/mol. The van der Waals surface area contributed by atoms with Gasteiger partial charge in [-0.3, -0.25) is 4.79 Å². The lowest BCUT2D eigenvalue weighted by molar-refractivity contribution is -0.120. The number of piperidine rings is 1. The van der Waals surface area contributed by atoms with Crippen LogP contribution in [0.4, 0.5) is 5.69 Å². The van der Waals surface area contributed by atoms with Crippen LogP contribution in [-0.2, 0) is 14.8 Å². The van der Waals surface area contributed by atoms with E-state index in [0.717, 1.165) is 9.35 Å². The molecule has 0 spiro atoms. The topological polar surface area (TPSA) is 66.5 Å². The van der Waals surface area contributed by atoms with Crippen molar-refractivity contribution < 1.29 is 13.2 Å². The van der Waals surface area contributed by atoms with Crippen molar-refractivity contribution >= 4 is 60.5 Å². The van der Waals surface area contributed by atoms with E-state index in [1.807, 2.05) is 6.92 Å². The second kappa shape index (κ2) is 7.98. The molecule has 1 aromatic carbocycles. The van der Waals surface area contributed by atoms with Crippen LogP contribution in [0.5, 0.6) is 0 Å². The molecule has 3 rings (SSSR count). The summed E-state index contributed by atoms with van der Waals surface area (Å²) in [6.07, 6.45) is 1.32. The van der Waals surface area contributed by atoms with Gasteiger partial charge in [-0.05, 0) is 71.6 Å². The zero-order valence-electron chi connectivity index (χ0n) is 14.0. The second-order valence-electron chi connectivity index (χ2n) is 6.21. The SMILES string of the molecule is Cc1cc(Cl)ccc1NC(=O)C1CCCN(S(=O)(=O)c2ccc(Br)s2)C1. The fourth-order valence-corrected chi connectivity index (χ4v) is 6.86. The van der Waals surface area contributed by atoms with Gasteiger partial charge in [0.1, 0.15) is 4.21 Å². The molecular weight excluding hydrogens is 460 g/mol. The second-order valence-corrected chi connectivity index (χ2v) is 11.3. The predicted molar refractivity (Wildman–Crippen MR) is 108 cm³/mol. The molecule has 0 aliphatic carbocycles. The predicted octanol–water partition coefficient (Wildman–Crippen LogP) is 4.51. The molecule has 1 aromatic heterocycles. The number of hydrogen-bond donors (Lipinski definition) is 1. The zero-order chi connectivity index (χ0) is 18.9. The van der Waals surface area contributed by atoms with Crippen molar-refractivity contribution in [2.75, 3.05) is 18.4 Å². The Balaban J connectivity index is 1.72. The first-order chi connectivity index (χ1) is 12.3.